The number of nitrogens with one attached hydrogen (secondary N) is 2. The number of methoxy groups -OCH3 is 1. The summed E-state index contributed by atoms with van der Waals surface area (Å²) in [6, 6.07) is 8.09. The molecule has 0 aliphatic carbocycles. The van der Waals surface area contributed by atoms with E-state index in [0.717, 1.165) is 15.1 Å². The highest BCUT2D eigenvalue weighted by Crippen LogP contribution is 2.46. The zero-order valence-corrected chi connectivity index (χ0v) is 17.8. The molecule has 31 heavy (non-hydrogen) atoms. The first-order chi connectivity index (χ1) is 14.8. The van der Waals surface area contributed by atoms with E-state index >= 15 is 0 Å². The van der Waals surface area contributed by atoms with Crippen LogP contribution in [0.1, 0.15) is 39.4 Å². The maximum absolute atomic E-state index is 13.8. The van der Waals surface area contributed by atoms with Crippen molar-refractivity contribution in [3.63, 3.8) is 0 Å². The van der Waals surface area contributed by atoms with Gasteiger partial charge >= 0.3 is 6.18 Å². The highest BCUT2D eigenvalue weighted by molar-refractivity contribution is 7.10. The average molecular weight is 471 g/mol. The Morgan fingerprint density at radius 2 is 2.10 bits per heavy atom. The number of halogens is 4. The molecule has 6 nitrogen and oxygen atoms in total. The van der Waals surface area contributed by atoms with Gasteiger partial charge in [-0.1, -0.05) is 29.8 Å². The summed E-state index contributed by atoms with van der Waals surface area (Å²) in [5.74, 6) is 0.00538. The van der Waals surface area contributed by atoms with Gasteiger partial charge in [-0.3, -0.25) is 4.79 Å². The van der Waals surface area contributed by atoms with E-state index in [1.54, 1.807) is 48.9 Å². The van der Waals surface area contributed by atoms with E-state index in [9.17, 15) is 18.0 Å². The minimum Gasteiger partial charge on any atom is -0.497 e. The van der Waals surface area contributed by atoms with Gasteiger partial charge in [0.2, 0.25) is 0 Å². The van der Waals surface area contributed by atoms with Crippen molar-refractivity contribution in [3.05, 3.63) is 62.9 Å². The highest BCUT2D eigenvalue weighted by atomic mass is 35.5. The molecule has 11 heteroatoms. The second-order valence-corrected chi connectivity index (χ2v) is 8.35. The standard InChI is InChI=1S/C20H18ClF3N4O2S/c1-30-12-6-4-11(5-7-12)10-25-19(29)17-16(21)18-26-13(14-3-2-8-31-14)9-15(20(22,23)24)28(18)27-17/h2-8,13,15,26H,9-10H2,1H3,(H,25,29)/t13-,15+/m1/s1. The molecule has 0 bridgehead atoms. The smallest absolute Gasteiger partial charge is 0.410 e. The minimum absolute atomic E-state index is 0.0109. The number of aromatic nitrogens is 2. The summed E-state index contributed by atoms with van der Waals surface area (Å²) in [4.78, 5) is 13.4. The molecule has 0 spiro atoms. The van der Waals surface area contributed by atoms with Crippen molar-refractivity contribution in [1.29, 1.82) is 0 Å². The molecule has 2 N–H and O–H groups in total. The highest BCUT2D eigenvalue weighted by Gasteiger charge is 2.48. The molecule has 0 saturated heterocycles. The molecule has 1 aliphatic rings. The fraction of sp³-hybridized carbons (Fsp3) is 0.300. The van der Waals surface area contributed by atoms with Crippen molar-refractivity contribution < 1.29 is 22.7 Å². The van der Waals surface area contributed by atoms with Crippen LogP contribution in [0.5, 0.6) is 5.75 Å². The molecular formula is C20H18ClF3N4O2S. The van der Waals surface area contributed by atoms with E-state index in [4.69, 9.17) is 16.3 Å². The molecule has 3 aromatic rings. The van der Waals surface area contributed by atoms with Crippen molar-refractivity contribution in [2.24, 2.45) is 0 Å². The number of fused-ring (bicyclic) bond motifs is 1. The molecule has 1 aliphatic heterocycles. The zero-order valence-electron chi connectivity index (χ0n) is 16.2. The lowest BCUT2D eigenvalue weighted by Crippen LogP contribution is -2.35. The molecule has 0 fully saturated rings. The summed E-state index contributed by atoms with van der Waals surface area (Å²) in [5, 5.41) is 11.3. The van der Waals surface area contributed by atoms with Crippen LogP contribution in [0.15, 0.2) is 41.8 Å². The number of hydrogen-bond acceptors (Lipinski definition) is 5. The van der Waals surface area contributed by atoms with Gasteiger partial charge in [0.25, 0.3) is 5.91 Å². The molecule has 0 radical (unpaired) electrons. The van der Waals surface area contributed by atoms with Crippen molar-refractivity contribution >= 4 is 34.7 Å². The van der Waals surface area contributed by atoms with E-state index in [0.29, 0.717) is 5.75 Å². The van der Waals surface area contributed by atoms with E-state index < -0.39 is 24.2 Å². The molecule has 1 amide bonds. The van der Waals surface area contributed by atoms with Gasteiger partial charge in [0.05, 0.1) is 13.2 Å². The summed E-state index contributed by atoms with van der Waals surface area (Å²) < 4.78 is 47.2. The normalized spacial score (nSPS) is 18.2. The predicted molar refractivity (Wildman–Crippen MR) is 112 cm³/mol. The van der Waals surface area contributed by atoms with Crippen LogP contribution < -0.4 is 15.4 Å². The van der Waals surface area contributed by atoms with Gasteiger partial charge < -0.3 is 15.4 Å². The lowest BCUT2D eigenvalue weighted by Gasteiger charge is -2.32. The molecule has 4 rings (SSSR count). The number of anilines is 1. The number of carbonyl (C=O) groups excluding carboxylic acids is 1. The van der Waals surface area contributed by atoms with Crippen LogP contribution in [0.25, 0.3) is 0 Å². The SMILES string of the molecule is COc1ccc(CNC(=O)c2nn3c(c2Cl)N[C@@H](c2cccs2)C[C@H]3C(F)(F)F)cc1. The van der Waals surface area contributed by atoms with Crippen LogP contribution in [0.3, 0.4) is 0 Å². The van der Waals surface area contributed by atoms with Crippen LogP contribution in [0.4, 0.5) is 19.0 Å². The topological polar surface area (TPSA) is 68.2 Å². The van der Waals surface area contributed by atoms with Crippen LogP contribution in [-0.2, 0) is 6.54 Å². The van der Waals surface area contributed by atoms with E-state index in [1.807, 2.05) is 0 Å². The second-order valence-electron chi connectivity index (χ2n) is 6.99. The number of amides is 1. The van der Waals surface area contributed by atoms with E-state index in [1.165, 1.54) is 11.3 Å². The Morgan fingerprint density at radius 1 is 1.35 bits per heavy atom. The monoisotopic (exact) mass is 470 g/mol. The van der Waals surface area contributed by atoms with Crippen LogP contribution in [0, 0.1) is 0 Å². The van der Waals surface area contributed by atoms with Crippen molar-refractivity contribution in [3.8, 4) is 5.75 Å². The third kappa shape index (κ3) is 4.35. The van der Waals surface area contributed by atoms with Crippen LogP contribution >= 0.6 is 22.9 Å². The fourth-order valence-corrected chi connectivity index (χ4v) is 4.48. The largest absolute Gasteiger partial charge is 0.497 e. The summed E-state index contributed by atoms with van der Waals surface area (Å²) in [6.45, 7) is 0.162. The summed E-state index contributed by atoms with van der Waals surface area (Å²) in [6.07, 6.45) is -4.79. The quantitative estimate of drug-likeness (QED) is 0.538. The zero-order chi connectivity index (χ0) is 22.2. The lowest BCUT2D eigenvalue weighted by atomic mass is 10.0. The third-order valence-corrected chi connectivity index (χ3v) is 6.35. The van der Waals surface area contributed by atoms with Gasteiger partial charge in [-0.15, -0.1) is 11.3 Å². The Bertz CT molecular complexity index is 1070. The van der Waals surface area contributed by atoms with Crippen molar-refractivity contribution in [2.45, 2.75) is 31.2 Å². The average Bonchev–Trinajstić information content (AvgIpc) is 3.40. The minimum atomic E-state index is -4.54. The summed E-state index contributed by atoms with van der Waals surface area (Å²) >= 11 is 7.67. The van der Waals surface area contributed by atoms with Crippen molar-refractivity contribution in [2.75, 3.05) is 12.4 Å². The number of benzene rings is 1. The number of thiophene rings is 1. The number of nitrogens with zero attached hydrogens (tertiary/aromatic N) is 2. The maximum Gasteiger partial charge on any atom is 0.410 e. The van der Waals surface area contributed by atoms with Gasteiger partial charge in [0.1, 0.15) is 16.6 Å². The Labute approximate surface area is 185 Å². The number of rotatable bonds is 5. The van der Waals surface area contributed by atoms with Gasteiger partial charge in [-0.2, -0.15) is 18.3 Å². The fourth-order valence-electron chi connectivity index (χ4n) is 3.42. The van der Waals surface area contributed by atoms with E-state index in [-0.39, 0.29) is 29.5 Å². The number of hydrogen-bond donors (Lipinski definition) is 2. The second kappa shape index (κ2) is 8.43. The molecule has 0 unspecified atom stereocenters. The van der Waals surface area contributed by atoms with Gasteiger partial charge in [0, 0.05) is 17.8 Å². The number of alkyl halides is 3. The molecule has 3 heterocycles. The van der Waals surface area contributed by atoms with Crippen molar-refractivity contribution in [1.82, 2.24) is 15.1 Å². The first kappa shape index (κ1) is 21.5. The van der Waals surface area contributed by atoms with E-state index in [2.05, 4.69) is 15.7 Å². The van der Waals surface area contributed by atoms with Gasteiger partial charge in [-0.25, -0.2) is 4.68 Å². The molecule has 164 valence electrons. The maximum atomic E-state index is 13.8. The lowest BCUT2D eigenvalue weighted by molar-refractivity contribution is -0.173. The Kier molecular flexibility index (Phi) is 5.85. The predicted octanol–water partition coefficient (Wildman–Crippen LogP) is 5.20. The number of carbonyl (C=O) groups is 1. The molecular weight excluding hydrogens is 453 g/mol. The van der Waals surface area contributed by atoms with Gasteiger partial charge in [-0.05, 0) is 29.1 Å². The van der Waals surface area contributed by atoms with Gasteiger partial charge in [0.15, 0.2) is 11.7 Å². The molecule has 1 aromatic carbocycles. The van der Waals surface area contributed by atoms with Crippen LogP contribution in [0.2, 0.25) is 5.02 Å². The summed E-state index contributed by atoms with van der Waals surface area (Å²) in [7, 11) is 1.55. The summed E-state index contributed by atoms with van der Waals surface area (Å²) in [5.41, 5.74) is 0.539. The van der Waals surface area contributed by atoms with Crippen LogP contribution in [-0.4, -0.2) is 29.0 Å². The number of ether oxygens (including phenoxy) is 1. The molecule has 2 aromatic heterocycles. The molecule has 0 saturated carbocycles. The Balaban J connectivity index is 1.58. The third-order valence-electron chi connectivity index (χ3n) is 5.01. The Morgan fingerprint density at radius 3 is 2.71 bits per heavy atom. The molecule has 2 atom stereocenters. The Hall–Kier alpha value is -2.72. The first-order valence-electron chi connectivity index (χ1n) is 9.33. The first-order valence-corrected chi connectivity index (χ1v) is 10.6.